The summed E-state index contributed by atoms with van der Waals surface area (Å²) in [5.41, 5.74) is 10.8. The van der Waals surface area contributed by atoms with Crippen molar-refractivity contribution in [1.82, 2.24) is 0 Å². The van der Waals surface area contributed by atoms with Crippen molar-refractivity contribution < 1.29 is 17.8 Å². The van der Waals surface area contributed by atoms with Gasteiger partial charge in [-0.25, -0.2) is 8.42 Å². The van der Waals surface area contributed by atoms with Crippen LogP contribution in [-0.4, -0.2) is 36.3 Å². The molecule has 0 aliphatic heterocycles. The molecule has 0 radical (unpaired) electrons. The normalized spacial score (nSPS) is 13.0. The number of carbonyl (C=O) groups is 1. The van der Waals surface area contributed by atoms with Gasteiger partial charge in [-0.1, -0.05) is 0 Å². The van der Waals surface area contributed by atoms with Crippen LogP contribution in [0.2, 0.25) is 0 Å². The molecule has 0 bridgehead atoms. The molecule has 0 saturated heterocycles. The van der Waals surface area contributed by atoms with Gasteiger partial charge in [0.1, 0.15) is 10.1 Å². The first kappa shape index (κ1) is 18.5. The Morgan fingerprint density at radius 3 is 2.27 bits per heavy atom. The molecule has 0 heterocycles. The zero-order valence-electron chi connectivity index (χ0n) is 12.8. The number of hydrogen-bond acceptors (Lipinski definition) is 4. The summed E-state index contributed by atoms with van der Waals surface area (Å²) in [4.78, 5) is 15.4. The Hall–Kier alpha value is -1.58. The number of aryl methyl sites for hydroxylation is 1. The molecule has 0 aliphatic carbocycles. The molecule has 0 aliphatic rings. The number of sulfone groups is 1. The Bertz CT molecular complexity index is 723. The molecule has 0 fully saturated rings. The Morgan fingerprint density at radius 2 is 1.86 bits per heavy atom. The van der Waals surface area contributed by atoms with Crippen LogP contribution in [0.4, 0.5) is 0 Å². The van der Waals surface area contributed by atoms with Crippen LogP contribution >= 0.6 is 0 Å². The molecule has 1 unspecified atom stereocenters. The molecule has 9 heteroatoms. The SMILES string of the molecule is Cc1cc([S+]([O-])C(C)C)c(S(C)(=O)=O)cc1C(=O)N=C(N)N. The second kappa shape index (κ2) is 6.67. The lowest BCUT2D eigenvalue weighted by atomic mass is 10.1. The summed E-state index contributed by atoms with van der Waals surface area (Å²) in [7, 11) is -3.67. The third kappa shape index (κ3) is 4.21. The molecule has 22 heavy (non-hydrogen) atoms. The molecule has 1 aromatic carbocycles. The van der Waals surface area contributed by atoms with E-state index in [1.165, 1.54) is 12.1 Å². The minimum atomic E-state index is -3.67. The van der Waals surface area contributed by atoms with Crippen molar-refractivity contribution in [1.29, 1.82) is 0 Å². The van der Waals surface area contributed by atoms with Gasteiger partial charge in [0.15, 0.2) is 20.7 Å². The van der Waals surface area contributed by atoms with Crippen LogP contribution in [0.15, 0.2) is 26.9 Å². The molecular formula is C13H19N3O4S2. The standard InChI is InChI=1S/C13H19N3O4S2/c1-7(2)21(18)10-5-8(3)9(12(17)16-13(14)15)6-11(10)22(4,19)20/h5-7H,1-4H3,(H4,14,15,16,17). The fraction of sp³-hybridized carbons (Fsp3) is 0.385. The van der Waals surface area contributed by atoms with Crippen molar-refractivity contribution in [2.45, 2.75) is 35.8 Å². The Morgan fingerprint density at radius 1 is 1.32 bits per heavy atom. The van der Waals surface area contributed by atoms with Gasteiger partial charge < -0.3 is 16.0 Å². The largest absolute Gasteiger partial charge is 0.611 e. The molecule has 1 rings (SSSR count). The van der Waals surface area contributed by atoms with Gasteiger partial charge in [-0.15, -0.1) is 0 Å². The smallest absolute Gasteiger partial charge is 0.280 e. The molecule has 4 N–H and O–H groups in total. The van der Waals surface area contributed by atoms with Gasteiger partial charge >= 0.3 is 0 Å². The van der Waals surface area contributed by atoms with Gasteiger partial charge in [-0.3, -0.25) is 4.79 Å². The van der Waals surface area contributed by atoms with Crippen LogP contribution in [-0.2, 0) is 21.0 Å². The number of guanidine groups is 1. The summed E-state index contributed by atoms with van der Waals surface area (Å²) < 4.78 is 36.2. The maximum absolute atomic E-state index is 12.3. The predicted octanol–water partition coefficient (Wildman–Crippen LogP) is 0.328. The number of nitrogens with zero attached hydrogens (tertiary/aromatic N) is 1. The Labute approximate surface area is 132 Å². The molecule has 0 spiro atoms. The van der Waals surface area contributed by atoms with Crippen LogP contribution in [0.25, 0.3) is 0 Å². The highest BCUT2D eigenvalue weighted by atomic mass is 32.2. The number of benzene rings is 1. The molecule has 122 valence electrons. The van der Waals surface area contributed by atoms with Crippen LogP contribution in [0, 0.1) is 6.92 Å². The average Bonchev–Trinajstić information content (AvgIpc) is 2.34. The predicted molar refractivity (Wildman–Crippen MR) is 86.0 cm³/mol. The van der Waals surface area contributed by atoms with E-state index < -0.39 is 32.9 Å². The highest BCUT2D eigenvalue weighted by molar-refractivity contribution is 7.94. The molecule has 1 atom stereocenters. The van der Waals surface area contributed by atoms with Crippen molar-refractivity contribution in [2.24, 2.45) is 16.5 Å². The van der Waals surface area contributed by atoms with E-state index in [1.807, 2.05) is 0 Å². The van der Waals surface area contributed by atoms with Gasteiger partial charge in [0.2, 0.25) is 0 Å². The quantitative estimate of drug-likeness (QED) is 0.458. The van der Waals surface area contributed by atoms with E-state index in [0.29, 0.717) is 5.56 Å². The third-order valence-corrected chi connectivity index (χ3v) is 5.69. The van der Waals surface area contributed by atoms with Crippen molar-refractivity contribution in [2.75, 3.05) is 6.26 Å². The van der Waals surface area contributed by atoms with E-state index in [1.54, 1.807) is 20.8 Å². The lowest BCUT2D eigenvalue weighted by Gasteiger charge is -2.18. The van der Waals surface area contributed by atoms with Crippen LogP contribution < -0.4 is 11.5 Å². The van der Waals surface area contributed by atoms with Crippen molar-refractivity contribution >= 4 is 32.9 Å². The summed E-state index contributed by atoms with van der Waals surface area (Å²) in [6, 6.07) is 2.61. The maximum atomic E-state index is 12.3. The van der Waals surface area contributed by atoms with Crippen molar-refractivity contribution in [3.63, 3.8) is 0 Å². The van der Waals surface area contributed by atoms with E-state index in [4.69, 9.17) is 11.5 Å². The van der Waals surface area contributed by atoms with Gasteiger partial charge in [-0.2, -0.15) is 4.99 Å². The zero-order chi connectivity index (χ0) is 17.2. The fourth-order valence-electron chi connectivity index (χ4n) is 1.77. The third-order valence-electron chi connectivity index (χ3n) is 2.80. The minimum absolute atomic E-state index is 0.0540. The maximum Gasteiger partial charge on any atom is 0.280 e. The first-order chi connectivity index (χ1) is 9.95. The zero-order valence-corrected chi connectivity index (χ0v) is 14.4. The number of amides is 1. The summed E-state index contributed by atoms with van der Waals surface area (Å²) in [5.74, 6) is -1.16. The van der Waals surface area contributed by atoms with Gasteiger partial charge in [0.25, 0.3) is 5.91 Å². The topological polar surface area (TPSA) is 139 Å². The molecule has 0 aromatic heterocycles. The molecule has 1 aromatic rings. The van der Waals surface area contributed by atoms with E-state index in [9.17, 15) is 17.8 Å². The van der Waals surface area contributed by atoms with E-state index >= 15 is 0 Å². The van der Waals surface area contributed by atoms with Crippen molar-refractivity contribution in [3.05, 3.63) is 23.3 Å². The minimum Gasteiger partial charge on any atom is -0.611 e. The first-order valence-corrected chi connectivity index (χ1v) is 9.44. The Balaban J connectivity index is 3.63. The number of hydrogen-bond donors (Lipinski definition) is 2. The fourth-order valence-corrected chi connectivity index (χ4v) is 4.29. The number of carbonyl (C=O) groups excluding carboxylic acids is 1. The Kier molecular flexibility index (Phi) is 5.60. The summed E-state index contributed by atoms with van der Waals surface area (Å²) in [6.07, 6.45) is 0.994. The number of nitrogens with two attached hydrogens (primary N) is 2. The van der Waals surface area contributed by atoms with Crippen LogP contribution in [0.1, 0.15) is 29.8 Å². The average molecular weight is 345 g/mol. The second-order valence-electron chi connectivity index (χ2n) is 5.07. The van der Waals surface area contributed by atoms with Crippen LogP contribution in [0.3, 0.4) is 0 Å². The van der Waals surface area contributed by atoms with Crippen molar-refractivity contribution in [3.8, 4) is 0 Å². The van der Waals surface area contributed by atoms with Crippen LogP contribution in [0.5, 0.6) is 0 Å². The summed E-state index contributed by atoms with van der Waals surface area (Å²) in [5, 5.41) is -0.265. The lowest BCUT2D eigenvalue weighted by Crippen LogP contribution is -2.24. The lowest BCUT2D eigenvalue weighted by molar-refractivity contribution is 0.100. The number of rotatable bonds is 4. The van der Waals surface area contributed by atoms with E-state index in [-0.39, 0.29) is 20.6 Å². The molecule has 1 amide bonds. The summed E-state index contributed by atoms with van der Waals surface area (Å²) in [6.45, 7) is 5.04. The molecule has 7 nitrogen and oxygen atoms in total. The second-order valence-corrected chi connectivity index (χ2v) is 9.04. The monoisotopic (exact) mass is 345 g/mol. The van der Waals surface area contributed by atoms with E-state index in [0.717, 1.165) is 6.26 Å². The van der Waals surface area contributed by atoms with Gasteiger partial charge in [0, 0.05) is 11.8 Å². The molecule has 0 saturated carbocycles. The first-order valence-electron chi connectivity index (χ1n) is 6.34. The molecular weight excluding hydrogens is 326 g/mol. The highest BCUT2D eigenvalue weighted by Crippen LogP contribution is 2.28. The highest BCUT2D eigenvalue weighted by Gasteiger charge is 2.28. The number of aliphatic imine (C=N–C) groups is 1. The van der Waals surface area contributed by atoms with E-state index in [2.05, 4.69) is 4.99 Å². The van der Waals surface area contributed by atoms with Gasteiger partial charge in [0.05, 0.1) is 0 Å². The van der Waals surface area contributed by atoms with Gasteiger partial charge in [-0.05, 0) is 49.6 Å². The summed E-state index contributed by atoms with van der Waals surface area (Å²) >= 11 is -1.51.